The van der Waals surface area contributed by atoms with Crippen molar-refractivity contribution >= 4 is 12.6 Å². The number of likely N-dealkylation sites (N-methyl/N-ethyl adjacent to an activating group) is 1. The summed E-state index contributed by atoms with van der Waals surface area (Å²) in [5.41, 5.74) is 1.38. The summed E-state index contributed by atoms with van der Waals surface area (Å²) in [6, 6.07) is 11.2. The van der Waals surface area contributed by atoms with E-state index in [1.54, 1.807) is 0 Å². The van der Waals surface area contributed by atoms with Gasteiger partial charge in [0.1, 0.15) is 0 Å². The zero-order valence-corrected chi connectivity index (χ0v) is 11.3. The van der Waals surface area contributed by atoms with Crippen LogP contribution in [0.15, 0.2) is 30.3 Å². The summed E-state index contributed by atoms with van der Waals surface area (Å²) in [4.78, 5) is 2.42. The van der Waals surface area contributed by atoms with E-state index in [1.165, 1.54) is 5.56 Å². The summed E-state index contributed by atoms with van der Waals surface area (Å²) in [6.45, 7) is 2.85. The number of benzene rings is 1. The van der Waals surface area contributed by atoms with Crippen molar-refractivity contribution in [1.29, 1.82) is 0 Å². The summed E-state index contributed by atoms with van der Waals surface area (Å²) >= 11 is 4.49. The van der Waals surface area contributed by atoms with Crippen molar-refractivity contribution in [2.45, 2.75) is 18.4 Å². The largest absolute Gasteiger partial charge is 0.380 e. The molecule has 1 aliphatic rings. The molecule has 1 aromatic carbocycles. The maximum absolute atomic E-state index is 5.44. The van der Waals surface area contributed by atoms with E-state index < -0.39 is 0 Å². The molecule has 2 nitrogen and oxygen atoms in total. The predicted octanol–water partition coefficient (Wildman–Crippen LogP) is 2.42. The molecule has 1 aliphatic heterocycles. The van der Waals surface area contributed by atoms with Gasteiger partial charge in [0.05, 0.1) is 6.61 Å². The molecule has 2 rings (SSSR count). The van der Waals surface area contributed by atoms with Gasteiger partial charge in [-0.2, -0.15) is 12.6 Å². The monoisotopic (exact) mass is 251 g/mol. The molecule has 0 saturated carbocycles. The number of thiol groups is 1. The van der Waals surface area contributed by atoms with Gasteiger partial charge in [0.25, 0.3) is 0 Å². The lowest BCUT2D eigenvalue weighted by molar-refractivity contribution is 0.157. The van der Waals surface area contributed by atoms with E-state index in [1.807, 2.05) is 0 Å². The van der Waals surface area contributed by atoms with Gasteiger partial charge in [-0.1, -0.05) is 30.3 Å². The topological polar surface area (TPSA) is 12.5 Å². The lowest BCUT2D eigenvalue weighted by Gasteiger charge is -2.27. The van der Waals surface area contributed by atoms with E-state index in [4.69, 9.17) is 4.74 Å². The number of ether oxygens (including phenoxy) is 1. The highest BCUT2D eigenvalue weighted by Crippen LogP contribution is 2.20. The Morgan fingerprint density at radius 2 is 2.18 bits per heavy atom. The molecule has 0 N–H and O–H groups in total. The zero-order chi connectivity index (χ0) is 12.1. The molecule has 3 heteroatoms. The highest BCUT2D eigenvalue weighted by atomic mass is 32.1. The van der Waals surface area contributed by atoms with Crippen LogP contribution in [0, 0.1) is 0 Å². The summed E-state index contributed by atoms with van der Waals surface area (Å²) in [5, 5.41) is 0. The summed E-state index contributed by atoms with van der Waals surface area (Å²) in [5.74, 6) is 1.40. The van der Waals surface area contributed by atoms with Crippen LogP contribution >= 0.6 is 12.6 Å². The van der Waals surface area contributed by atoms with Gasteiger partial charge in [-0.3, -0.25) is 0 Å². The first-order valence-corrected chi connectivity index (χ1v) is 6.88. The Morgan fingerprint density at radius 3 is 2.76 bits per heavy atom. The number of nitrogens with zero attached hydrogens (tertiary/aromatic N) is 1. The second-order valence-electron chi connectivity index (χ2n) is 4.75. The number of hydrogen-bond acceptors (Lipinski definition) is 3. The Bertz CT molecular complexity index is 324. The molecule has 0 aliphatic carbocycles. The van der Waals surface area contributed by atoms with E-state index in [0.717, 1.165) is 31.9 Å². The van der Waals surface area contributed by atoms with Gasteiger partial charge in [-0.25, -0.2) is 0 Å². The van der Waals surface area contributed by atoms with E-state index >= 15 is 0 Å². The van der Waals surface area contributed by atoms with Crippen LogP contribution in [-0.2, 0) is 4.74 Å². The Balaban J connectivity index is 1.95. The second-order valence-corrected chi connectivity index (χ2v) is 5.11. The van der Waals surface area contributed by atoms with Gasteiger partial charge in [-0.05, 0) is 24.8 Å². The fraction of sp³-hybridized carbons (Fsp3) is 0.571. The fourth-order valence-corrected chi connectivity index (χ4v) is 2.69. The van der Waals surface area contributed by atoms with Crippen LogP contribution in [0.25, 0.3) is 0 Å². The van der Waals surface area contributed by atoms with Crippen LogP contribution in [0.2, 0.25) is 0 Å². The minimum absolute atomic E-state index is 0.505. The van der Waals surface area contributed by atoms with Gasteiger partial charge in [0, 0.05) is 25.1 Å². The standard InChI is InChI=1S/C14H21NOS/c1-15(14-7-8-16-10-14)9-13(11-17)12-5-3-2-4-6-12/h2-6,13-14,17H,7-11H2,1H3. The minimum Gasteiger partial charge on any atom is -0.380 e. The number of rotatable bonds is 5. The average Bonchev–Trinajstić information content (AvgIpc) is 2.90. The maximum atomic E-state index is 5.44. The Hall–Kier alpha value is -0.510. The second kappa shape index (κ2) is 6.43. The minimum atomic E-state index is 0.505. The van der Waals surface area contributed by atoms with E-state index in [9.17, 15) is 0 Å². The highest BCUT2D eigenvalue weighted by molar-refractivity contribution is 7.80. The van der Waals surface area contributed by atoms with Gasteiger partial charge in [-0.15, -0.1) is 0 Å². The van der Waals surface area contributed by atoms with Crippen LogP contribution in [0.3, 0.4) is 0 Å². The average molecular weight is 251 g/mol. The highest BCUT2D eigenvalue weighted by Gasteiger charge is 2.22. The fourth-order valence-electron chi connectivity index (χ4n) is 2.36. The third-order valence-electron chi connectivity index (χ3n) is 3.53. The Labute approximate surface area is 109 Å². The molecule has 0 bridgehead atoms. The van der Waals surface area contributed by atoms with E-state index in [0.29, 0.717) is 12.0 Å². The van der Waals surface area contributed by atoms with Crippen LogP contribution < -0.4 is 0 Å². The lowest BCUT2D eigenvalue weighted by Crippen LogP contribution is -2.35. The molecule has 0 radical (unpaired) electrons. The Kier molecular flexibility index (Phi) is 4.89. The van der Waals surface area contributed by atoms with Gasteiger partial charge >= 0.3 is 0 Å². The molecular formula is C14H21NOS. The summed E-state index contributed by atoms with van der Waals surface area (Å²) in [6.07, 6.45) is 1.16. The first kappa shape index (κ1) is 12.9. The van der Waals surface area contributed by atoms with Crippen molar-refractivity contribution in [2.75, 3.05) is 32.6 Å². The summed E-state index contributed by atoms with van der Waals surface area (Å²) < 4.78 is 5.44. The quantitative estimate of drug-likeness (QED) is 0.807. The van der Waals surface area contributed by atoms with Crippen LogP contribution in [0.5, 0.6) is 0 Å². The number of hydrogen-bond donors (Lipinski definition) is 1. The molecule has 1 aromatic rings. The molecule has 0 aromatic heterocycles. The van der Waals surface area contributed by atoms with Crippen molar-refractivity contribution in [2.24, 2.45) is 0 Å². The predicted molar refractivity (Wildman–Crippen MR) is 74.9 cm³/mol. The van der Waals surface area contributed by atoms with E-state index in [2.05, 4.69) is 54.9 Å². The van der Waals surface area contributed by atoms with Gasteiger partial charge < -0.3 is 9.64 Å². The molecule has 1 fully saturated rings. The maximum Gasteiger partial charge on any atom is 0.0622 e. The molecule has 17 heavy (non-hydrogen) atoms. The molecule has 0 spiro atoms. The molecule has 0 amide bonds. The van der Waals surface area contributed by atoms with Crippen LogP contribution in [0.1, 0.15) is 17.9 Å². The van der Waals surface area contributed by atoms with Crippen molar-refractivity contribution < 1.29 is 4.74 Å². The normalized spacial score (nSPS) is 21.9. The SMILES string of the molecule is CN(CC(CS)c1ccccc1)C1CCOC1. The molecule has 2 atom stereocenters. The lowest BCUT2D eigenvalue weighted by atomic mass is 10.00. The molecule has 2 unspecified atom stereocenters. The van der Waals surface area contributed by atoms with Crippen LogP contribution in [-0.4, -0.2) is 43.5 Å². The van der Waals surface area contributed by atoms with Crippen molar-refractivity contribution in [3.63, 3.8) is 0 Å². The van der Waals surface area contributed by atoms with E-state index in [-0.39, 0.29) is 0 Å². The summed E-state index contributed by atoms with van der Waals surface area (Å²) in [7, 11) is 2.19. The molecule has 94 valence electrons. The third-order valence-corrected chi connectivity index (χ3v) is 3.97. The van der Waals surface area contributed by atoms with Gasteiger partial charge in [0.15, 0.2) is 0 Å². The van der Waals surface area contributed by atoms with Crippen molar-refractivity contribution in [3.05, 3.63) is 35.9 Å². The first-order chi connectivity index (χ1) is 8.31. The van der Waals surface area contributed by atoms with Gasteiger partial charge in [0.2, 0.25) is 0 Å². The smallest absolute Gasteiger partial charge is 0.0622 e. The van der Waals surface area contributed by atoms with Crippen molar-refractivity contribution in [1.82, 2.24) is 4.90 Å². The first-order valence-electron chi connectivity index (χ1n) is 6.25. The Morgan fingerprint density at radius 1 is 1.41 bits per heavy atom. The third kappa shape index (κ3) is 3.47. The molecule has 1 heterocycles. The van der Waals surface area contributed by atoms with Crippen LogP contribution in [0.4, 0.5) is 0 Å². The van der Waals surface area contributed by atoms with Crippen molar-refractivity contribution in [3.8, 4) is 0 Å². The zero-order valence-electron chi connectivity index (χ0n) is 10.4. The molecular weight excluding hydrogens is 230 g/mol. The molecule has 1 saturated heterocycles.